The highest BCUT2D eigenvalue weighted by Crippen LogP contribution is 2.20. The van der Waals surface area contributed by atoms with E-state index >= 15 is 0 Å². The van der Waals surface area contributed by atoms with Crippen LogP contribution in [0.4, 0.5) is 5.69 Å². The second kappa shape index (κ2) is 8.15. The summed E-state index contributed by atoms with van der Waals surface area (Å²) in [4.78, 5) is 23.2. The van der Waals surface area contributed by atoms with E-state index in [-0.39, 0.29) is 12.3 Å². The molecule has 0 spiro atoms. The van der Waals surface area contributed by atoms with Crippen molar-refractivity contribution >= 4 is 17.6 Å². The van der Waals surface area contributed by atoms with E-state index in [1.165, 1.54) is 0 Å². The van der Waals surface area contributed by atoms with Crippen LogP contribution in [-0.2, 0) is 16.0 Å². The van der Waals surface area contributed by atoms with Crippen LogP contribution in [0.2, 0.25) is 0 Å². The first kappa shape index (κ1) is 17.5. The monoisotopic (exact) mass is 327 g/mol. The quantitative estimate of drug-likeness (QED) is 0.816. The van der Waals surface area contributed by atoms with Gasteiger partial charge in [0.25, 0.3) is 0 Å². The summed E-state index contributed by atoms with van der Waals surface area (Å²) in [7, 11) is 0. The van der Waals surface area contributed by atoms with E-state index in [2.05, 4.69) is 5.32 Å². The third-order valence-electron chi connectivity index (χ3n) is 3.64. The van der Waals surface area contributed by atoms with Crippen LogP contribution in [0.3, 0.4) is 0 Å². The van der Waals surface area contributed by atoms with Gasteiger partial charge in [-0.3, -0.25) is 9.59 Å². The number of hydrogen-bond donors (Lipinski definition) is 2. The Kier molecular flexibility index (Phi) is 5.95. The van der Waals surface area contributed by atoms with Crippen LogP contribution >= 0.6 is 0 Å². The van der Waals surface area contributed by atoms with Crippen LogP contribution in [0.25, 0.3) is 0 Å². The Hall–Kier alpha value is -2.82. The third kappa shape index (κ3) is 4.84. The molecule has 0 heterocycles. The number of aliphatic carboxylic acids is 1. The van der Waals surface area contributed by atoms with Gasteiger partial charge in [-0.25, -0.2) is 0 Å². The molecule has 0 aromatic heterocycles. The molecule has 0 saturated carbocycles. The number of nitrogens with one attached hydrogen (secondary N) is 1. The number of rotatable bonds is 7. The van der Waals surface area contributed by atoms with Crippen molar-refractivity contribution < 1.29 is 19.4 Å². The fourth-order valence-corrected chi connectivity index (χ4v) is 2.29. The predicted molar refractivity (Wildman–Crippen MR) is 92.4 cm³/mol. The largest absolute Gasteiger partial charge is 0.494 e. The molecule has 1 atom stereocenters. The van der Waals surface area contributed by atoms with E-state index in [0.717, 1.165) is 11.3 Å². The molecule has 0 aliphatic heterocycles. The lowest BCUT2D eigenvalue weighted by molar-refractivity contribution is -0.138. The Morgan fingerprint density at radius 2 is 1.88 bits per heavy atom. The van der Waals surface area contributed by atoms with E-state index in [1.54, 1.807) is 31.2 Å². The van der Waals surface area contributed by atoms with Crippen molar-refractivity contribution in [2.24, 2.45) is 0 Å². The van der Waals surface area contributed by atoms with Gasteiger partial charge in [0.1, 0.15) is 5.75 Å². The molecule has 126 valence electrons. The molecule has 2 rings (SSSR count). The van der Waals surface area contributed by atoms with Crippen molar-refractivity contribution in [3.05, 3.63) is 59.7 Å². The highest BCUT2D eigenvalue weighted by Gasteiger charge is 2.14. The second-order valence-electron chi connectivity index (χ2n) is 5.49. The Balaban J connectivity index is 1.99. The van der Waals surface area contributed by atoms with Crippen molar-refractivity contribution in [1.29, 1.82) is 0 Å². The van der Waals surface area contributed by atoms with Crippen molar-refractivity contribution in [2.45, 2.75) is 26.2 Å². The smallest absolute Gasteiger partial charge is 0.310 e. The minimum absolute atomic E-state index is 0.153. The summed E-state index contributed by atoms with van der Waals surface area (Å²) >= 11 is 0. The summed E-state index contributed by atoms with van der Waals surface area (Å²) in [5.41, 5.74) is 2.13. The molecule has 0 radical (unpaired) electrons. The lowest BCUT2D eigenvalue weighted by Gasteiger charge is -2.10. The number of carbonyl (C=O) groups excluding carboxylic acids is 1. The molecule has 0 aliphatic carbocycles. The molecule has 5 heteroatoms. The van der Waals surface area contributed by atoms with Gasteiger partial charge in [0.2, 0.25) is 5.91 Å². The van der Waals surface area contributed by atoms with Crippen LogP contribution < -0.4 is 10.1 Å². The number of carboxylic acid groups (broad SMARTS) is 1. The summed E-state index contributed by atoms with van der Waals surface area (Å²) < 4.78 is 5.37. The van der Waals surface area contributed by atoms with Gasteiger partial charge in [0.05, 0.1) is 18.9 Å². The topological polar surface area (TPSA) is 75.6 Å². The van der Waals surface area contributed by atoms with Crippen LogP contribution in [-0.4, -0.2) is 23.6 Å². The maximum Gasteiger partial charge on any atom is 0.310 e. The molecule has 24 heavy (non-hydrogen) atoms. The zero-order valence-electron chi connectivity index (χ0n) is 13.8. The Morgan fingerprint density at radius 3 is 2.50 bits per heavy atom. The molecular weight excluding hydrogens is 306 g/mol. The van der Waals surface area contributed by atoms with E-state index in [1.807, 2.05) is 31.2 Å². The molecule has 0 bridgehead atoms. The first-order valence-corrected chi connectivity index (χ1v) is 7.84. The summed E-state index contributed by atoms with van der Waals surface area (Å²) in [5, 5.41) is 11.9. The summed E-state index contributed by atoms with van der Waals surface area (Å²) in [6.07, 6.45) is 0.241. The van der Waals surface area contributed by atoms with Crippen LogP contribution in [0.15, 0.2) is 48.5 Å². The van der Waals surface area contributed by atoms with Gasteiger partial charge in [-0.05, 0) is 49.2 Å². The average molecular weight is 327 g/mol. The Labute approximate surface area is 141 Å². The van der Waals surface area contributed by atoms with Crippen molar-refractivity contribution in [3.8, 4) is 5.75 Å². The van der Waals surface area contributed by atoms with Gasteiger partial charge >= 0.3 is 5.97 Å². The zero-order valence-corrected chi connectivity index (χ0v) is 13.8. The first-order chi connectivity index (χ1) is 11.5. The molecule has 0 saturated heterocycles. The zero-order chi connectivity index (χ0) is 17.5. The van der Waals surface area contributed by atoms with Crippen molar-refractivity contribution in [1.82, 2.24) is 0 Å². The number of carbonyl (C=O) groups is 2. The van der Waals surface area contributed by atoms with E-state index in [9.17, 15) is 9.59 Å². The Bertz CT molecular complexity index is 710. The Morgan fingerprint density at radius 1 is 1.17 bits per heavy atom. The average Bonchev–Trinajstić information content (AvgIpc) is 2.56. The van der Waals surface area contributed by atoms with Gasteiger partial charge in [0.15, 0.2) is 0 Å². The minimum atomic E-state index is -0.895. The normalized spacial score (nSPS) is 11.6. The lowest BCUT2D eigenvalue weighted by Crippen LogP contribution is -2.15. The number of anilines is 1. The van der Waals surface area contributed by atoms with Crippen LogP contribution in [0.5, 0.6) is 5.75 Å². The molecule has 0 fully saturated rings. The van der Waals surface area contributed by atoms with E-state index in [0.29, 0.717) is 17.9 Å². The molecule has 2 N–H and O–H groups in total. The SMILES string of the molecule is CCOc1ccc(CC(=O)Nc2cccc(C(C)C(=O)O)c2)cc1. The molecule has 1 amide bonds. The highest BCUT2D eigenvalue weighted by molar-refractivity contribution is 5.92. The van der Waals surface area contributed by atoms with Crippen molar-refractivity contribution in [2.75, 3.05) is 11.9 Å². The number of amides is 1. The van der Waals surface area contributed by atoms with Crippen LogP contribution in [0.1, 0.15) is 30.9 Å². The van der Waals surface area contributed by atoms with Crippen molar-refractivity contribution in [3.63, 3.8) is 0 Å². The minimum Gasteiger partial charge on any atom is -0.494 e. The number of carboxylic acids is 1. The van der Waals surface area contributed by atoms with Gasteiger partial charge < -0.3 is 15.2 Å². The maximum atomic E-state index is 12.1. The maximum absolute atomic E-state index is 12.1. The molecular formula is C19H21NO4. The summed E-state index contributed by atoms with van der Waals surface area (Å²) in [5.74, 6) is -0.892. The molecule has 0 aliphatic rings. The molecule has 2 aromatic rings. The molecule has 1 unspecified atom stereocenters. The fraction of sp³-hybridized carbons (Fsp3) is 0.263. The molecule has 2 aromatic carbocycles. The standard InChI is InChI=1S/C19H21NO4/c1-3-24-17-9-7-14(8-10-17)11-18(21)20-16-6-4-5-15(12-16)13(2)19(22)23/h4-10,12-13H,3,11H2,1-2H3,(H,20,21)(H,22,23). The van der Waals surface area contributed by atoms with Gasteiger partial charge in [-0.15, -0.1) is 0 Å². The second-order valence-corrected chi connectivity index (χ2v) is 5.49. The summed E-state index contributed by atoms with van der Waals surface area (Å²) in [6, 6.07) is 14.3. The van der Waals surface area contributed by atoms with E-state index < -0.39 is 11.9 Å². The number of ether oxygens (including phenoxy) is 1. The number of benzene rings is 2. The summed E-state index contributed by atoms with van der Waals surface area (Å²) in [6.45, 7) is 4.13. The van der Waals surface area contributed by atoms with Crippen LogP contribution in [0, 0.1) is 0 Å². The first-order valence-electron chi connectivity index (χ1n) is 7.84. The predicted octanol–water partition coefficient (Wildman–Crippen LogP) is 3.45. The van der Waals surface area contributed by atoms with Gasteiger partial charge in [0, 0.05) is 5.69 Å². The van der Waals surface area contributed by atoms with E-state index in [4.69, 9.17) is 9.84 Å². The third-order valence-corrected chi connectivity index (χ3v) is 3.64. The fourth-order valence-electron chi connectivity index (χ4n) is 2.29. The molecule has 5 nitrogen and oxygen atoms in total. The van der Waals surface area contributed by atoms with Gasteiger partial charge in [-0.2, -0.15) is 0 Å². The van der Waals surface area contributed by atoms with Gasteiger partial charge in [-0.1, -0.05) is 24.3 Å². The lowest BCUT2D eigenvalue weighted by atomic mass is 10.0. The highest BCUT2D eigenvalue weighted by atomic mass is 16.5. The number of hydrogen-bond acceptors (Lipinski definition) is 3.